The van der Waals surface area contributed by atoms with Crippen LogP contribution in [0.15, 0.2) is 18.2 Å². The number of hydrazine groups is 1. The van der Waals surface area contributed by atoms with Crippen molar-refractivity contribution in [2.45, 2.75) is 46.1 Å². The SMILES string of the molecule is COc1cc(/C=C/C(=O)NCCC(C)(C)OCCC(C)(C)C(=O)NN)c([N+](=O)[O-])cc1OC. The second-order valence-corrected chi connectivity index (χ2v) is 8.61. The molecule has 11 nitrogen and oxygen atoms in total. The van der Waals surface area contributed by atoms with Gasteiger partial charge in [-0.25, -0.2) is 5.84 Å². The number of amides is 2. The summed E-state index contributed by atoms with van der Waals surface area (Å²) in [6.45, 7) is 8.01. The lowest BCUT2D eigenvalue weighted by Gasteiger charge is -2.28. The Labute approximate surface area is 193 Å². The molecule has 0 aliphatic carbocycles. The van der Waals surface area contributed by atoms with Crippen molar-refractivity contribution in [3.8, 4) is 11.5 Å². The Balaban J connectivity index is 2.64. The van der Waals surface area contributed by atoms with Crippen LogP contribution in [0.2, 0.25) is 0 Å². The molecule has 0 heterocycles. The Morgan fingerprint density at radius 1 is 1.12 bits per heavy atom. The molecule has 2 amide bonds. The number of nitro benzene ring substituents is 1. The van der Waals surface area contributed by atoms with Crippen LogP contribution >= 0.6 is 0 Å². The number of benzene rings is 1. The number of nitrogens with two attached hydrogens (primary N) is 1. The van der Waals surface area contributed by atoms with Crippen LogP contribution in [0.25, 0.3) is 6.08 Å². The lowest BCUT2D eigenvalue weighted by atomic mass is 9.89. The van der Waals surface area contributed by atoms with E-state index in [4.69, 9.17) is 20.1 Å². The fourth-order valence-electron chi connectivity index (χ4n) is 2.85. The molecule has 4 N–H and O–H groups in total. The number of methoxy groups -OCH3 is 2. The molecule has 0 saturated carbocycles. The molecule has 11 heteroatoms. The van der Waals surface area contributed by atoms with Gasteiger partial charge in [-0.1, -0.05) is 13.8 Å². The molecular weight excluding hydrogens is 432 g/mol. The molecule has 0 aliphatic heterocycles. The molecule has 0 radical (unpaired) electrons. The maximum atomic E-state index is 12.2. The Morgan fingerprint density at radius 2 is 1.73 bits per heavy atom. The molecule has 1 aromatic rings. The Morgan fingerprint density at radius 3 is 2.27 bits per heavy atom. The van der Waals surface area contributed by atoms with Crippen molar-refractivity contribution in [3.63, 3.8) is 0 Å². The zero-order valence-electron chi connectivity index (χ0n) is 20.0. The molecule has 0 spiro atoms. The quantitative estimate of drug-likeness (QED) is 0.131. The minimum atomic E-state index is -0.656. The topological polar surface area (TPSA) is 155 Å². The molecule has 0 aliphatic rings. The van der Waals surface area contributed by atoms with Crippen molar-refractivity contribution in [3.05, 3.63) is 33.9 Å². The van der Waals surface area contributed by atoms with Crippen molar-refractivity contribution in [2.24, 2.45) is 11.3 Å². The summed E-state index contributed by atoms with van der Waals surface area (Å²) in [7, 11) is 2.80. The number of nitrogens with zero attached hydrogens (tertiary/aromatic N) is 1. The van der Waals surface area contributed by atoms with Gasteiger partial charge in [-0.05, 0) is 38.8 Å². The minimum Gasteiger partial charge on any atom is -0.493 e. The minimum absolute atomic E-state index is 0.209. The highest BCUT2D eigenvalue weighted by Crippen LogP contribution is 2.35. The molecule has 0 saturated heterocycles. The molecule has 184 valence electrons. The molecule has 0 aromatic heterocycles. The number of carbonyl (C=O) groups is 2. The van der Waals surface area contributed by atoms with Gasteiger partial charge in [0.05, 0.1) is 36.4 Å². The lowest BCUT2D eigenvalue weighted by molar-refractivity contribution is -0.385. The molecule has 0 bridgehead atoms. The summed E-state index contributed by atoms with van der Waals surface area (Å²) in [6.07, 6.45) is 3.57. The molecule has 0 atom stereocenters. The van der Waals surface area contributed by atoms with Gasteiger partial charge in [0.2, 0.25) is 11.8 Å². The smallest absolute Gasteiger partial charge is 0.280 e. The van der Waals surface area contributed by atoms with Gasteiger partial charge in [0, 0.05) is 24.6 Å². The largest absolute Gasteiger partial charge is 0.493 e. The number of ether oxygens (including phenoxy) is 3. The van der Waals surface area contributed by atoms with Gasteiger partial charge in [0.15, 0.2) is 11.5 Å². The average Bonchev–Trinajstić information content (AvgIpc) is 2.75. The number of nitro groups is 1. The lowest BCUT2D eigenvalue weighted by Crippen LogP contribution is -2.42. The average molecular weight is 467 g/mol. The zero-order chi connectivity index (χ0) is 25.2. The van der Waals surface area contributed by atoms with E-state index in [1.165, 1.54) is 38.5 Å². The number of carbonyl (C=O) groups excluding carboxylic acids is 2. The van der Waals surface area contributed by atoms with Gasteiger partial charge < -0.3 is 19.5 Å². The molecular formula is C22H34N4O7. The number of rotatable bonds is 13. The van der Waals surface area contributed by atoms with Crippen LogP contribution < -0.4 is 26.1 Å². The first-order chi connectivity index (χ1) is 15.4. The van der Waals surface area contributed by atoms with Crippen LogP contribution in [0.5, 0.6) is 11.5 Å². The van der Waals surface area contributed by atoms with E-state index in [1.54, 1.807) is 13.8 Å². The second-order valence-electron chi connectivity index (χ2n) is 8.61. The Kier molecular flexibility index (Phi) is 10.3. The van der Waals surface area contributed by atoms with E-state index >= 15 is 0 Å². The molecule has 1 rings (SSSR count). The fourth-order valence-corrected chi connectivity index (χ4v) is 2.85. The Hall–Kier alpha value is -3.18. The summed E-state index contributed by atoms with van der Waals surface area (Å²) in [5.74, 6) is 5.05. The van der Waals surface area contributed by atoms with Gasteiger partial charge >= 0.3 is 0 Å². The Bertz CT molecular complexity index is 882. The number of hydrogen-bond acceptors (Lipinski definition) is 8. The van der Waals surface area contributed by atoms with Crippen LogP contribution in [0.4, 0.5) is 5.69 Å². The van der Waals surface area contributed by atoms with Crippen molar-refractivity contribution in [1.82, 2.24) is 10.7 Å². The van der Waals surface area contributed by atoms with E-state index < -0.39 is 21.8 Å². The summed E-state index contributed by atoms with van der Waals surface area (Å²) >= 11 is 0. The van der Waals surface area contributed by atoms with Crippen molar-refractivity contribution in [1.29, 1.82) is 0 Å². The fraction of sp³-hybridized carbons (Fsp3) is 0.545. The van der Waals surface area contributed by atoms with Crippen LogP contribution in [-0.2, 0) is 14.3 Å². The summed E-state index contributed by atoms with van der Waals surface area (Å²) in [5, 5.41) is 14.1. The van der Waals surface area contributed by atoms with E-state index in [0.29, 0.717) is 31.7 Å². The summed E-state index contributed by atoms with van der Waals surface area (Å²) in [6, 6.07) is 2.68. The number of nitrogens with one attached hydrogen (secondary N) is 2. The highest BCUT2D eigenvalue weighted by molar-refractivity contribution is 5.92. The van der Waals surface area contributed by atoms with Crippen LogP contribution in [-0.4, -0.2) is 49.7 Å². The highest BCUT2D eigenvalue weighted by Gasteiger charge is 2.28. The standard InChI is InChI=1S/C22H34N4O7/c1-21(2,20(28)25-23)10-12-33-22(3,4)9-11-24-19(27)8-7-15-13-17(31-5)18(32-6)14-16(15)26(29)30/h7-8,13-14H,9-12,23H2,1-6H3,(H,24,27)(H,25,28)/b8-7+. The van der Waals surface area contributed by atoms with Gasteiger partial charge in [0.1, 0.15) is 0 Å². The van der Waals surface area contributed by atoms with E-state index in [2.05, 4.69) is 10.7 Å². The molecule has 0 unspecified atom stereocenters. The van der Waals surface area contributed by atoms with Gasteiger partial charge in [-0.2, -0.15) is 0 Å². The molecule has 1 aromatic carbocycles. The van der Waals surface area contributed by atoms with Crippen molar-refractivity contribution in [2.75, 3.05) is 27.4 Å². The predicted octanol–water partition coefficient (Wildman–Crippen LogP) is 2.33. The van der Waals surface area contributed by atoms with E-state index in [0.717, 1.165) is 0 Å². The number of hydrogen-bond donors (Lipinski definition) is 3. The van der Waals surface area contributed by atoms with Crippen LogP contribution in [0.3, 0.4) is 0 Å². The predicted molar refractivity (Wildman–Crippen MR) is 124 cm³/mol. The zero-order valence-corrected chi connectivity index (χ0v) is 20.0. The first-order valence-corrected chi connectivity index (χ1v) is 10.4. The van der Waals surface area contributed by atoms with E-state index in [9.17, 15) is 19.7 Å². The summed E-state index contributed by atoms with van der Waals surface area (Å²) in [5.41, 5.74) is 0.955. The van der Waals surface area contributed by atoms with E-state index in [-0.39, 0.29) is 22.9 Å². The molecule has 0 fully saturated rings. The third kappa shape index (κ3) is 8.70. The van der Waals surface area contributed by atoms with Gasteiger partial charge in [0.25, 0.3) is 5.69 Å². The van der Waals surface area contributed by atoms with Crippen molar-refractivity contribution < 1.29 is 28.7 Å². The molecule has 33 heavy (non-hydrogen) atoms. The normalized spacial score (nSPS) is 11.8. The first kappa shape index (κ1) is 27.9. The van der Waals surface area contributed by atoms with Crippen LogP contribution in [0.1, 0.15) is 46.1 Å². The monoisotopic (exact) mass is 466 g/mol. The third-order valence-corrected chi connectivity index (χ3v) is 5.14. The summed E-state index contributed by atoms with van der Waals surface area (Å²) in [4.78, 5) is 34.7. The first-order valence-electron chi connectivity index (χ1n) is 10.4. The van der Waals surface area contributed by atoms with E-state index in [1.807, 2.05) is 13.8 Å². The maximum absolute atomic E-state index is 12.2. The summed E-state index contributed by atoms with van der Waals surface area (Å²) < 4.78 is 16.1. The second kappa shape index (κ2) is 12.2. The van der Waals surface area contributed by atoms with Gasteiger partial charge in [-0.15, -0.1) is 0 Å². The van der Waals surface area contributed by atoms with Crippen LogP contribution in [0, 0.1) is 15.5 Å². The third-order valence-electron chi connectivity index (χ3n) is 5.14. The maximum Gasteiger partial charge on any atom is 0.280 e. The van der Waals surface area contributed by atoms with Gasteiger partial charge in [-0.3, -0.25) is 25.1 Å². The van der Waals surface area contributed by atoms with Crippen molar-refractivity contribution >= 4 is 23.6 Å². The highest BCUT2D eigenvalue weighted by atomic mass is 16.6.